The van der Waals surface area contributed by atoms with Gasteiger partial charge in [-0.2, -0.15) is 0 Å². The summed E-state index contributed by atoms with van der Waals surface area (Å²) < 4.78 is 5.64. The van der Waals surface area contributed by atoms with Crippen molar-refractivity contribution >= 4 is 5.97 Å². The first-order valence-corrected chi connectivity index (χ1v) is 5.45. The van der Waals surface area contributed by atoms with E-state index in [1.54, 1.807) is 6.07 Å². The Hall–Kier alpha value is -1.51. The van der Waals surface area contributed by atoms with E-state index in [-0.39, 0.29) is 0 Å². The van der Waals surface area contributed by atoms with Gasteiger partial charge in [0.25, 0.3) is 0 Å². The monoisotopic (exact) mass is 222 g/mol. The second-order valence-corrected chi connectivity index (χ2v) is 3.97. The first-order chi connectivity index (χ1) is 7.49. The molecule has 0 saturated heterocycles. The van der Waals surface area contributed by atoms with Gasteiger partial charge in [0.15, 0.2) is 0 Å². The minimum Gasteiger partial charge on any atom is -0.493 e. The molecule has 0 saturated carbocycles. The molecule has 1 aromatic carbocycles. The Balaban J connectivity index is 3.23. The third-order valence-electron chi connectivity index (χ3n) is 2.71. The number of hydrogen-bond acceptors (Lipinski definition) is 2. The van der Waals surface area contributed by atoms with Crippen LogP contribution in [0.15, 0.2) is 6.07 Å². The fourth-order valence-electron chi connectivity index (χ4n) is 1.71. The molecule has 0 radical (unpaired) electrons. The molecule has 0 aliphatic heterocycles. The smallest absolute Gasteiger partial charge is 0.335 e. The SMILES string of the molecule is CCCOc1c(C)cc(C(=O)O)c(C)c1C. The maximum Gasteiger partial charge on any atom is 0.335 e. The van der Waals surface area contributed by atoms with Gasteiger partial charge in [0.05, 0.1) is 12.2 Å². The minimum atomic E-state index is -0.884. The maximum absolute atomic E-state index is 11.0. The van der Waals surface area contributed by atoms with Crippen LogP contribution in [-0.2, 0) is 0 Å². The van der Waals surface area contributed by atoms with E-state index in [9.17, 15) is 4.79 Å². The van der Waals surface area contributed by atoms with Gasteiger partial charge in [0, 0.05) is 0 Å². The van der Waals surface area contributed by atoms with Crippen LogP contribution < -0.4 is 4.74 Å². The van der Waals surface area contributed by atoms with Gasteiger partial charge in [-0.15, -0.1) is 0 Å². The molecule has 0 heterocycles. The lowest BCUT2D eigenvalue weighted by molar-refractivity contribution is 0.0696. The molecule has 88 valence electrons. The van der Waals surface area contributed by atoms with Crippen molar-refractivity contribution in [3.8, 4) is 5.75 Å². The highest BCUT2D eigenvalue weighted by molar-refractivity contribution is 5.90. The van der Waals surface area contributed by atoms with Crippen molar-refractivity contribution in [3.63, 3.8) is 0 Å². The van der Waals surface area contributed by atoms with Gasteiger partial charge in [-0.3, -0.25) is 0 Å². The standard InChI is InChI=1S/C13H18O3/c1-5-6-16-12-8(2)7-11(13(14)15)9(3)10(12)4/h7H,5-6H2,1-4H3,(H,14,15). The molecule has 1 aromatic rings. The fourth-order valence-corrected chi connectivity index (χ4v) is 1.71. The normalized spacial score (nSPS) is 10.2. The van der Waals surface area contributed by atoms with Crippen LogP contribution in [-0.4, -0.2) is 17.7 Å². The summed E-state index contributed by atoms with van der Waals surface area (Å²) in [6.45, 7) is 8.30. The third kappa shape index (κ3) is 2.35. The number of carbonyl (C=O) groups is 1. The fraction of sp³-hybridized carbons (Fsp3) is 0.462. The molecule has 0 atom stereocenters. The van der Waals surface area contributed by atoms with Crippen LogP contribution in [0.4, 0.5) is 0 Å². The Labute approximate surface area is 96.1 Å². The van der Waals surface area contributed by atoms with E-state index >= 15 is 0 Å². The lowest BCUT2D eigenvalue weighted by Gasteiger charge is -2.15. The number of carboxylic acid groups (broad SMARTS) is 1. The Morgan fingerprint density at radius 1 is 1.31 bits per heavy atom. The van der Waals surface area contributed by atoms with Gasteiger partial charge in [0.1, 0.15) is 5.75 Å². The molecule has 3 heteroatoms. The summed E-state index contributed by atoms with van der Waals surface area (Å²) in [5.41, 5.74) is 2.95. The van der Waals surface area contributed by atoms with Crippen LogP contribution in [0.25, 0.3) is 0 Å². The molecule has 16 heavy (non-hydrogen) atoms. The molecular formula is C13H18O3. The highest BCUT2D eigenvalue weighted by Crippen LogP contribution is 2.28. The zero-order valence-corrected chi connectivity index (χ0v) is 10.3. The number of aromatic carboxylic acids is 1. The van der Waals surface area contributed by atoms with E-state index in [2.05, 4.69) is 0 Å². The van der Waals surface area contributed by atoms with Crippen molar-refractivity contribution in [1.82, 2.24) is 0 Å². The van der Waals surface area contributed by atoms with E-state index in [1.807, 2.05) is 27.7 Å². The second kappa shape index (κ2) is 5.01. The quantitative estimate of drug-likeness (QED) is 0.851. The molecule has 3 nitrogen and oxygen atoms in total. The van der Waals surface area contributed by atoms with Crippen molar-refractivity contribution in [3.05, 3.63) is 28.3 Å². The summed E-state index contributed by atoms with van der Waals surface area (Å²) in [7, 11) is 0. The molecule has 0 spiro atoms. The zero-order valence-electron chi connectivity index (χ0n) is 10.3. The average Bonchev–Trinajstić information content (AvgIpc) is 2.23. The Kier molecular flexibility index (Phi) is 3.93. The van der Waals surface area contributed by atoms with Crippen LogP contribution >= 0.6 is 0 Å². The summed E-state index contributed by atoms with van der Waals surface area (Å²) >= 11 is 0. The van der Waals surface area contributed by atoms with E-state index < -0.39 is 5.97 Å². The van der Waals surface area contributed by atoms with E-state index in [0.717, 1.165) is 28.9 Å². The molecule has 1 N–H and O–H groups in total. The Bertz CT molecular complexity index is 408. The van der Waals surface area contributed by atoms with Crippen molar-refractivity contribution in [1.29, 1.82) is 0 Å². The molecule has 0 aliphatic rings. The number of aryl methyl sites for hydroxylation is 1. The van der Waals surface area contributed by atoms with Crippen molar-refractivity contribution in [2.45, 2.75) is 34.1 Å². The molecule has 1 rings (SSSR count). The Morgan fingerprint density at radius 3 is 2.44 bits per heavy atom. The summed E-state index contributed by atoms with van der Waals surface area (Å²) in [4.78, 5) is 11.0. The number of rotatable bonds is 4. The van der Waals surface area contributed by atoms with Crippen LogP contribution in [0.2, 0.25) is 0 Å². The first kappa shape index (κ1) is 12.6. The largest absolute Gasteiger partial charge is 0.493 e. The third-order valence-corrected chi connectivity index (χ3v) is 2.71. The average molecular weight is 222 g/mol. The molecular weight excluding hydrogens is 204 g/mol. The predicted octanol–water partition coefficient (Wildman–Crippen LogP) is 3.10. The molecule has 0 fully saturated rings. The summed E-state index contributed by atoms with van der Waals surface area (Å²) in [5.74, 6) is -0.0601. The van der Waals surface area contributed by atoms with Gasteiger partial charge in [0.2, 0.25) is 0 Å². The van der Waals surface area contributed by atoms with Crippen molar-refractivity contribution < 1.29 is 14.6 Å². The van der Waals surface area contributed by atoms with Crippen molar-refractivity contribution in [2.24, 2.45) is 0 Å². The summed E-state index contributed by atoms with van der Waals surface area (Å²) in [6, 6.07) is 1.68. The van der Waals surface area contributed by atoms with Crippen LogP contribution in [0.5, 0.6) is 5.75 Å². The van der Waals surface area contributed by atoms with E-state index in [0.29, 0.717) is 12.2 Å². The molecule has 0 unspecified atom stereocenters. The molecule has 0 aromatic heterocycles. The number of hydrogen-bond donors (Lipinski definition) is 1. The molecule has 0 bridgehead atoms. The lowest BCUT2D eigenvalue weighted by Crippen LogP contribution is -2.06. The maximum atomic E-state index is 11.0. The van der Waals surface area contributed by atoms with Gasteiger partial charge in [-0.25, -0.2) is 4.79 Å². The van der Waals surface area contributed by atoms with E-state index in [1.165, 1.54) is 0 Å². The summed E-state index contributed by atoms with van der Waals surface area (Å²) in [5, 5.41) is 9.04. The molecule has 0 aliphatic carbocycles. The summed E-state index contributed by atoms with van der Waals surface area (Å²) in [6.07, 6.45) is 0.943. The highest BCUT2D eigenvalue weighted by atomic mass is 16.5. The lowest BCUT2D eigenvalue weighted by atomic mass is 9.99. The Morgan fingerprint density at radius 2 is 1.94 bits per heavy atom. The topological polar surface area (TPSA) is 46.5 Å². The highest BCUT2D eigenvalue weighted by Gasteiger charge is 2.15. The number of benzene rings is 1. The van der Waals surface area contributed by atoms with Crippen LogP contribution in [0, 0.1) is 20.8 Å². The predicted molar refractivity (Wildman–Crippen MR) is 63.4 cm³/mol. The van der Waals surface area contributed by atoms with Gasteiger partial charge < -0.3 is 9.84 Å². The number of carboxylic acids is 1. The van der Waals surface area contributed by atoms with Gasteiger partial charge in [-0.05, 0) is 49.9 Å². The van der Waals surface area contributed by atoms with Gasteiger partial charge in [-0.1, -0.05) is 6.92 Å². The van der Waals surface area contributed by atoms with E-state index in [4.69, 9.17) is 9.84 Å². The second-order valence-electron chi connectivity index (χ2n) is 3.97. The van der Waals surface area contributed by atoms with Gasteiger partial charge >= 0.3 is 5.97 Å². The minimum absolute atomic E-state index is 0.360. The number of ether oxygens (including phenoxy) is 1. The molecule has 0 amide bonds. The van der Waals surface area contributed by atoms with Crippen LogP contribution in [0.3, 0.4) is 0 Å². The van der Waals surface area contributed by atoms with Crippen LogP contribution in [0.1, 0.15) is 40.4 Å². The first-order valence-electron chi connectivity index (χ1n) is 5.45. The zero-order chi connectivity index (χ0) is 12.3. The van der Waals surface area contributed by atoms with Crippen molar-refractivity contribution in [2.75, 3.05) is 6.61 Å².